The van der Waals surface area contributed by atoms with E-state index in [9.17, 15) is 9.59 Å². The lowest BCUT2D eigenvalue weighted by molar-refractivity contribution is -0.123. The first kappa shape index (κ1) is 18.5. The summed E-state index contributed by atoms with van der Waals surface area (Å²) < 4.78 is 7.01. The molecule has 0 radical (unpaired) electrons. The number of carbonyl (C=O) groups excluding carboxylic acids is 2. The minimum absolute atomic E-state index is 0.206. The van der Waals surface area contributed by atoms with Gasteiger partial charge in [-0.15, -0.1) is 0 Å². The fraction of sp³-hybridized carbons (Fsp3) is 0.176. The summed E-state index contributed by atoms with van der Waals surface area (Å²) in [6.45, 7) is 1.85. The Hall–Kier alpha value is -1.86. The maximum Gasteiger partial charge on any atom is 0.276 e. The van der Waals surface area contributed by atoms with Crippen molar-refractivity contribution in [3.63, 3.8) is 0 Å². The fourth-order valence-electron chi connectivity index (χ4n) is 1.89. The molecule has 5 nitrogen and oxygen atoms in total. The largest absolute Gasteiger partial charge is 0.483 e. The first-order chi connectivity index (χ1) is 11.5. The Morgan fingerprint density at radius 3 is 2.54 bits per heavy atom. The van der Waals surface area contributed by atoms with Gasteiger partial charge in [0.15, 0.2) is 6.61 Å². The van der Waals surface area contributed by atoms with Crippen LogP contribution in [0.2, 0.25) is 0 Å². The van der Waals surface area contributed by atoms with Crippen LogP contribution in [0.4, 0.5) is 0 Å². The van der Waals surface area contributed by atoms with E-state index in [2.05, 4.69) is 49.6 Å². The zero-order valence-corrected chi connectivity index (χ0v) is 16.1. The highest BCUT2D eigenvalue weighted by molar-refractivity contribution is 9.10. The van der Waals surface area contributed by atoms with Crippen LogP contribution in [0.1, 0.15) is 22.8 Å². The summed E-state index contributed by atoms with van der Waals surface area (Å²) in [7, 11) is 0. The molecule has 2 amide bonds. The molecule has 2 N–H and O–H groups in total. The number of nitrogens with one attached hydrogen (secondary N) is 2. The van der Waals surface area contributed by atoms with Crippen molar-refractivity contribution in [1.82, 2.24) is 10.9 Å². The third kappa shape index (κ3) is 5.35. The highest BCUT2D eigenvalue weighted by Crippen LogP contribution is 2.26. The minimum Gasteiger partial charge on any atom is -0.483 e. The summed E-state index contributed by atoms with van der Waals surface area (Å²) in [5.74, 6) is -0.288. The van der Waals surface area contributed by atoms with Gasteiger partial charge in [0.25, 0.3) is 11.8 Å². The van der Waals surface area contributed by atoms with E-state index in [1.54, 1.807) is 24.3 Å². The van der Waals surface area contributed by atoms with Crippen LogP contribution in [-0.4, -0.2) is 18.4 Å². The second kappa shape index (κ2) is 8.84. The van der Waals surface area contributed by atoms with Crippen LogP contribution in [0.15, 0.2) is 51.4 Å². The molecule has 126 valence electrons. The van der Waals surface area contributed by atoms with Gasteiger partial charge in [-0.1, -0.05) is 35.0 Å². The van der Waals surface area contributed by atoms with Gasteiger partial charge in [0.2, 0.25) is 0 Å². The van der Waals surface area contributed by atoms with E-state index in [4.69, 9.17) is 4.74 Å². The summed E-state index contributed by atoms with van der Waals surface area (Å²) >= 11 is 6.69. The van der Waals surface area contributed by atoms with E-state index >= 15 is 0 Å². The third-order valence-corrected chi connectivity index (χ3v) is 4.28. The van der Waals surface area contributed by atoms with Gasteiger partial charge in [-0.05, 0) is 58.2 Å². The average Bonchev–Trinajstić information content (AvgIpc) is 2.58. The van der Waals surface area contributed by atoms with Crippen molar-refractivity contribution < 1.29 is 14.3 Å². The quantitative estimate of drug-likeness (QED) is 0.676. The van der Waals surface area contributed by atoms with Crippen molar-refractivity contribution in [2.45, 2.75) is 13.3 Å². The zero-order valence-electron chi connectivity index (χ0n) is 12.9. The molecule has 2 rings (SSSR count). The predicted molar refractivity (Wildman–Crippen MR) is 98.8 cm³/mol. The van der Waals surface area contributed by atoms with Crippen molar-refractivity contribution in [2.24, 2.45) is 0 Å². The maximum atomic E-state index is 11.9. The number of halogens is 2. The molecule has 0 saturated heterocycles. The third-order valence-electron chi connectivity index (χ3n) is 3.17. The van der Waals surface area contributed by atoms with Crippen LogP contribution < -0.4 is 15.6 Å². The standard InChI is InChI=1S/C17H16Br2N2O3/c1-2-11-6-7-15(14(19)8-11)24-10-16(22)20-21-17(23)12-4-3-5-13(18)9-12/h3-9H,2,10H2,1H3,(H,20,22)(H,21,23). The molecular weight excluding hydrogens is 440 g/mol. The number of amides is 2. The van der Waals surface area contributed by atoms with E-state index < -0.39 is 11.8 Å². The van der Waals surface area contributed by atoms with Gasteiger partial charge in [0.1, 0.15) is 5.75 Å². The monoisotopic (exact) mass is 454 g/mol. The van der Waals surface area contributed by atoms with E-state index in [0.29, 0.717) is 11.3 Å². The number of aryl methyl sites for hydroxylation is 1. The molecule has 7 heteroatoms. The van der Waals surface area contributed by atoms with E-state index in [1.165, 1.54) is 5.56 Å². The summed E-state index contributed by atoms with van der Waals surface area (Å²) in [6, 6.07) is 12.5. The molecule has 0 aliphatic rings. The lowest BCUT2D eigenvalue weighted by Gasteiger charge is -2.10. The van der Waals surface area contributed by atoms with Crippen LogP contribution in [0.25, 0.3) is 0 Å². The van der Waals surface area contributed by atoms with Gasteiger partial charge in [0.05, 0.1) is 4.47 Å². The predicted octanol–water partition coefficient (Wildman–Crippen LogP) is 3.61. The van der Waals surface area contributed by atoms with Gasteiger partial charge < -0.3 is 4.74 Å². The van der Waals surface area contributed by atoms with E-state index in [-0.39, 0.29) is 6.61 Å². The number of hydrogen-bond acceptors (Lipinski definition) is 3. The lowest BCUT2D eigenvalue weighted by Crippen LogP contribution is -2.43. The first-order valence-electron chi connectivity index (χ1n) is 7.25. The van der Waals surface area contributed by atoms with Crippen molar-refractivity contribution >= 4 is 43.7 Å². The van der Waals surface area contributed by atoms with Crippen molar-refractivity contribution in [1.29, 1.82) is 0 Å². The molecule has 0 saturated carbocycles. The van der Waals surface area contributed by atoms with Gasteiger partial charge in [-0.3, -0.25) is 20.4 Å². The highest BCUT2D eigenvalue weighted by atomic mass is 79.9. The average molecular weight is 456 g/mol. The molecule has 0 spiro atoms. The normalized spacial score (nSPS) is 10.1. The van der Waals surface area contributed by atoms with Crippen molar-refractivity contribution in [3.8, 4) is 5.75 Å². The van der Waals surface area contributed by atoms with Gasteiger partial charge in [-0.25, -0.2) is 0 Å². The molecule has 0 aliphatic carbocycles. The number of hydrazine groups is 1. The van der Waals surface area contributed by atoms with Crippen LogP contribution in [0.5, 0.6) is 5.75 Å². The number of carbonyl (C=O) groups is 2. The highest BCUT2D eigenvalue weighted by Gasteiger charge is 2.09. The molecular formula is C17H16Br2N2O3. The molecule has 0 aliphatic heterocycles. The Bertz CT molecular complexity index is 750. The number of hydrogen-bond donors (Lipinski definition) is 2. The summed E-state index contributed by atoms with van der Waals surface area (Å²) in [6.07, 6.45) is 0.918. The SMILES string of the molecule is CCc1ccc(OCC(=O)NNC(=O)c2cccc(Br)c2)c(Br)c1. The van der Waals surface area contributed by atoms with Gasteiger partial charge in [-0.2, -0.15) is 0 Å². The topological polar surface area (TPSA) is 67.4 Å². The molecule has 24 heavy (non-hydrogen) atoms. The second-order valence-electron chi connectivity index (χ2n) is 4.92. The smallest absolute Gasteiger partial charge is 0.276 e. The Kier molecular flexibility index (Phi) is 6.81. The molecule has 0 heterocycles. The first-order valence-corrected chi connectivity index (χ1v) is 8.84. The van der Waals surface area contributed by atoms with Gasteiger partial charge in [0, 0.05) is 10.0 Å². The molecule has 0 atom stereocenters. The van der Waals surface area contributed by atoms with E-state index in [0.717, 1.165) is 15.4 Å². The van der Waals surface area contributed by atoms with Gasteiger partial charge >= 0.3 is 0 Å². The van der Waals surface area contributed by atoms with Crippen molar-refractivity contribution in [2.75, 3.05) is 6.61 Å². The fourth-order valence-corrected chi connectivity index (χ4v) is 2.83. The molecule has 2 aromatic rings. The minimum atomic E-state index is -0.454. The van der Waals surface area contributed by atoms with Crippen LogP contribution in [0, 0.1) is 0 Å². The Balaban J connectivity index is 1.82. The summed E-state index contributed by atoms with van der Waals surface area (Å²) in [5.41, 5.74) is 6.26. The van der Waals surface area contributed by atoms with Crippen LogP contribution in [0.3, 0.4) is 0 Å². The molecule has 0 unspecified atom stereocenters. The summed E-state index contributed by atoms with van der Waals surface area (Å²) in [4.78, 5) is 23.7. The maximum absolute atomic E-state index is 11.9. The Labute approximate surface area is 157 Å². The molecule has 0 bridgehead atoms. The molecule has 0 aromatic heterocycles. The number of benzene rings is 2. The van der Waals surface area contributed by atoms with Crippen LogP contribution >= 0.6 is 31.9 Å². The van der Waals surface area contributed by atoms with Crippen LogP contribution in [-0.2, 0) is 11.2 Å². The molecule has 2 aromatic carbocycles. The Morgan fingerprint density at radius 2 is 1.88 bits per heavy atom. The number of ether oxygens (including phenoxy) is 1. The van der Waals surface area contributed by atoms with Crippen molar-refractivity contribution in [3.05, 3.63) is 62.5 Å². The second-order valence-corrected chi connectivity index (χ2v) is 6.69. The van der Waals surface area contributed by atoms with E-state index in [1.807, 2.05) is 18.2 Å². The molecule has 0 fully saturated rings. The number of rotatable bonds is 5. The lowest BCUT2D eigenvalue weighted by atomic mass is 10.2. The zero-order chi connectivity index (χ0) is 17.5. The Morgan fingerprint density at radius 1 is 1.08 bits per heavy atom. The summed E-state index contributed by atoms with van der Waals surface area (Å²) in [5, 5.41) is 0.